The van der Waals surface area contributed by atoms with Gasteiger partial charge in [0.2, 0.25) is 0 Å². The molecule has 0 amide bonds. The van der Waals surface area contributed by atoms with E-state index in [1.165, 1.54) is 0 Å². The largest absolute Gasteiger partial charge is 0.382 e. The van der Waals surface area contributed by atoms with Crippen LogP contribution in [-0.4, -0.2) is 46.2 Å². The van der Waals surface area contributed by atoms with E-state index in [-0.39, 0.29) is 0 Å². The molecular formula is C12H27NO3. The average Bonchev–Trinajstić information content (AvgIpc) is 2.26. The molecule has 0 bridgehead atoms. The van der Waals surface area contributed by atoms with Crippen LogP contribution in [0.3, 0.4) is 0 Å². The minimum Gasteiger partial charge on any atom is -0.382 e. The highest BCUT2D eigenvalue weighted by molar-refractivity contribution is 4.64. The smallest absolute Gasteiger partial charge is 0.0701 e. The maximum atomic E-state index is 5.92. The summed E-state index contributed by atoms with van der Waals surface area (Å²) in [6, 6.07) is 0.293. The molecule has 1 atom stereocenters. The van der Waals surface area contributed by atoms with Gasteiger partial charge in [0.05, 0.1) is 26.4 Å². The molecule has 1 unspecified atom stereocenters. The minimum atomic E-state index is 0.293. The predicted molar refractivity (Wildman–Crippen MR) is 65.6 cm³/mol. The second-order valence-electron chi connectivity index (χ2n) is 4.27. The van der Waals surface area contributed by atoms with E-state index in [2.05, 4.69) is 13.8 Å². The van der Waals surface area contributed by atoms with E-state index in [4.69, 9.17) is 19.9 Å². The molecule has 0 aromatic rings. The molecule has 4 heteroatoms. The highest BCUT2D eigenvalue weighted by Gasteiger charge is 2.06. The van der Waals surface area contributed by atoms with Gasteiger partial charge in [0, 0.05) is 19.8 Å². The molecule has 0 saturated carbocycles. The second-order valence-corrected chi connectivity index (χ2v) is 4.27. The lowest BCUT2D eigenvalue weighted by atomic mass is 10.0. The zero-order chi connectivity index (χ0) is 12.2. The van der Waals surface area contributed by atoms with Crippen molar-refractivity contribution in [3.05, 3.63) is 0 Å². The molecule has 0 heterocycles. The molecule has 0 aromatic carbocycles. The van der Waals surface area contributed by atoms with Crippen molar-refractivity contribution in [1.29, 1.82) is 0 Å². The third-order valence-corrected chi connectivity index (χ3v) is 2.49. The SMILES string of the molecule is COCCOCCOCCCC(N)C(C)C. The first-order valence-electron chi connectivity index (χ1n) is 6.08. The first-order chi connectivity index (χ1) is 7.68. The van der Waals surface area contributed by atoms with Crippen LogP contribution in [0.1, 0.15) is 26.7 Å². The molecular weight excluding hydrogens is 206 g/mol. The molecule has 16 heavy (non-hydrogen) atoms. The minimum absolute atomic E-state index is 0.293. The van der Waals surface area contributed by atoms with Gasteiger partial charge in [-0.1, -0.05) is 13.8 Å². The van der Waals surface area contributed by atoms with Gasteiger partial charge in [0.25, 0.3) is 0 Å². The summed E-state index contributed by atoms with van der Waals surface area (Å²) >= 11 is 0. The highest BCUT2D eigenvalue weighted by Crippen LogP contribution is 2.05. The van der Waals surface area contributed by atoms with Gasteiger partial charge in [0.15, 0.2) is 0 Å². The number of methoxy groups -OCH3 is 1. The molecule has 0 rings (SSSR count). The predicted octanol–water partition coefficient (Wildman–Crippen LogP) is 1.43. The highest BCUT2D eigenvalue weighted by atomic mass is 16.5. The Morgan fingerprint density at radius 3 is 2.06 bits per heavy atom. The average molecular weight is 233 g/mol. The van der Waals surface area contributed by atoms with Crippen LogP contribution in [0.5, 0.6) is 0 Å². The molecule has 0 radical (unpaired) electrons. The summed E-state index contributed by atoms with van der Waals surface area (Å²) in [6.45, 7) is 7.64. The molecule has 0 aromatic heterocycles. The van der Waals surface area contributed by atoms with Crippen molar-refractivity contribution in [3.63, 3.8) is 0 Å². The van der Waals surface area contributed by atoms with Gasteiger partial charge in [-0.05, 0) is 18.8 Å². The summed E-state index contributed by atoms with van der Waals surface area (Å²) in [7, 11) is 1.66. The fourth-order valence-corrected chi connectivity index (χ4v) is 1.22. The third kappa shape index (κ3) is 10.4. The molecule has 0 aliphatic rings. The summed E-state index contributed by atoms with van der Waals surface area (Å²) in [5.41, 5.74) is 5.92. The van der Waals surface area contributed by atoms with E-state index < -0.39 is 0 Å². The van der Waals surface area contributed by atoms with Gasteiger partial charge in [-0.15, -0.1) is 0 Å². The second kappa shape index (κ2) is 11.3. The first-order valence-corrected chi connectivity index (χ1v) is 6.08. The van der Waals surface area contributed by atoms with E-state index in [0.717, 1.165) is 19.4 Å². The zero-order valence-electron chi connectivity index (χ0n) is 10.9. The van der Waals surface area contributed by atoms with Crippen molar-refractivity contribution in [2.45, 2.75) is 32.7 Å². The lowest BCUT2D eigenvalue weighted by Gasteiger charge is -2.14. The lowest BCUT2D eigenvalue weighted by Crippen LogP contribution is -2.26. The van der Waals surface area contributed by atoms with Gasteiger partial charge in [0.1, 0.15) is 0 Å². The van der Waals surface area contributed by atoms with E-state index in [1.54, 1.807) is 7.11 Å². The summed E-state index contributed by atoms with van der Waals surface area (Å²) in [6.07, 6.45) is 2.06. The number of nitrogens with two attached hydrogens (primary N) is 1. The first kappa shape index (κ1) is 15.8. The van der Waals surface area contributed by atoms with Gasteiger partial charge in [-0.3, -0.25) is 0 Å². The maximum Gasteiger partial charge on any atom is 0.0701 e. The summed E-state index contributed by atoms with van der Waals surface area (Å²) in [5, 5.41) is 0. The van der Waals surface area contributed by atoms with Crippen LogP contribution < -0.4 is 5.73 Å². The fourth-order valence-electron chi connectivity index (χ4n) is 1.22. The number of hydrogen-bond acceptors (Lipinski definition) is 4. The number of rotatable bonds is 11. The van der Waals surface area contributed by atoms with Crippen molar-refractivity contribution >= 4 is 0 Å². The van der Waals surface area contributed by atoms with Crippen molar-refractivity contribution in [2.24, 2.45) is 11.7 Å². The van der Waals surface area contributed by atoms with Crippen molar-refractivity contribution in [3.8, 4) is 0 Å². The molecule has 2 N–H and O–H groups in total. The van der Waals surface area contributed by atoms with Gasteiger partial charge in [-0.25, -0.2) is 0 Å². The van der Waals surface area contributed by atoms with Crippen LogP contribution in [0.4, 0.5) is 0 Å². The Balaban J connectivity index is 3.04. The quantitative estimate of drug-likeness (QED) is 0.549. The standard InChI is InChI=1S/C12H27NO3/c1-11(2)12(13)5-4-6-15-9-10-16-8-7-14-3/h11-12H,4-10,13H2,1-3H3. The van der Waals surface area contributed by atoms with Gasteiger partial charge < -0.3 is 19.9 Å². The van der Waals surface area contributed by atoms with Crippen molar-refractivity contribution in [1.82, 2.24) is 0 Å². The molecule has 0 spiro atoms. The third-order valence-electron chi connectivity index (χ3n) is 2.49. The van der Waals surface area contributed by atoms with Crippen LogP contribution in [0.25, 0.3) is 0 Å². The Labute approximate surface area is 99.4 Å². The Kier molecular flexibility index (Phi) is 11.2. The Morgan fingerprint density at radius 2 is 1.50 bits per heavy atom. The lowest BCUT2D eigenvalue weighted by molar-refractivity contribution is 0.0236. The van der Waals surface area contributed by atoms with Crippen LogP contribution in [0.2, 0.25) is 0 Å². The Hall–Kier alpha value is -0.160. The van der Waals surface area contributed by atoms with Gasteiger partial charge in [-0.2, -0.15) is 0 Å². The van der Waals surface area contributed by atoms with E-state index in [1.807, 2.05) is 0 Å². The molecule has 0 saturated heterocycles. The molecule has 0 fully saturated rings. The van der Waals surface area contributed by atoms with Gasteiger partial charge >= 0.3 is 0 Å². The molecule has 0 aliphatic heterocycles. The van der Waals surface area contributed by atoms with Crippen molar-refractivity contribution in [2.75, 3.05) is 40.1 Å². The van der Waals surface area contributed by atoms with Crippen LogP contribution in [0.15, 0.2) is 0 Å². The monoisotopic (exact) mass is 233 g/mol. The zero-order valence-corrected chi connectivity index (χ0v) is 10.9. The van der Waals surface area contributed by atoms with E-state index in [9.17, 15) is 0 Å². The summed E-state index contributed by atoms with van der Waals surface area (Å²) < 4.78 is 15.5. The maximum absolute atomic E-state index is 5.92. The molecule has 0 aliphatic carbocycles. The molecule has 98 valence electrons. The summed E-state index contributed by atoms with van der Waals surface area (Å²) in [4.78, 5) is 0. The number of ether oxygens (including phenoxy) is 3. The topological polar surface area (TPSA) is 53.7 Å². The van der Waals surface area contributed by atoms with E-state index >= 15 is 0 Å². The Bertz CT molecular complexity index is 142. The van der Waals surface area contributed by atoms with E-state index in [0.29, 0.717) is 38.4 Å². The Morgan fingerprint density at radius 1 is 0.938 bits per heavy atom. The van der Waals surface area contributed by atoms with Crippen molar-refractivity contribution < 1.29 is 14.2 Å². The van der Waals surface area contributed by atoms with Crippen LogP contribution in [0, 0.1) is 5.92 Å². The normalized spacial score (nSPS) is 13.3. The molecule has 4 nitrogen and oxygen atoms in total. The number of hydrogen-bond donors (Lipinski definition) is 1. The van der Waals surface area contributed by atoms with Crippen LogP contribution >= 0.6 is 0 Å². The summed E-state index contributed by atoms with van der Waals surface area (Å²) in [5.74, 6) is 0.553. The fraction of sp³-hybridized carbons (Fsp3) is 1.00. The van der Waals surface area contributed by atoms with Crippen LogP contribution in [-0.2, 0) is 14.2 Å².